The maximum Gasteiger partial charge on any atom is 0.424 e. The summed E-state index contributed by atoms with van der Waals surface area (Å²) in [6.45, 7) is 0.636. The molecule has 2 amide bonds. The second-order valence-corrected chi connectivity index (χ2v) is 8.64. The topological polar surface area (TPSA) is 82.5 Å². The molecule has 3 aromatic rings. The predicted molar refractivity (Wildman–Crippen MR) is 114 cm³/mol. The first-order valence-electron chi connectivity index (χ1n) is 9.98. The van der Waals surface area contributed by atoms with E-state index in [0.717, 1.165) is 12.1 Å². The largest absolute Gasteiger partial charge is 0.424 e. The minimum atomic E-state index is -5.08. The van der Waals surface area contributed by atoms with Gasteiger partial charge in [0.05, 0.1) is 16.6 Å². The highest BCUT2D eigenvalue weighted by molar-refractivity contribution is 7.18. The molecule has 0 bridgehead atoms. The van der Waals surface area contributed by atoms with E-state index in [4.69, 9.17) is 0 Å². The number of halogens is 3. The summed E-state index contributed by atoms with van der Waals surface area (Å²) in [5, 5.41) is 12.4. The number of para-hydroxylation sites is 1. The fourth-order valence-corrected chi connectivity index (χ4v) is 4.63. The Kier molecular flexibility index (Phi) is 5.91. The third kappa shape index (κ3) is 4.33. The van der Waals surface area contributed by atoms with Crippen LogP contribution in [0.5, 0.6) is 0 Å². The molecule has 1 fully saturated rings. The summed E-state index contributed by atoms with van der Waals surface area (Å²) in [5.41, 5.74) is -1.66. The number of carbonyl (C=O) groups is 2. The molecule has 0 saturated carbocycles. The van der Waals surface area contributed by atoms with Crippen molar-refractivity contribution >= 4 is 39.1 Å². The molecule has 10 heteroatoms. The van der Waals surface area contributed by atoms with E-state index in [1.54, 1.807) is 53.4 Å². The van der Waals surface area contributed by atoms with Gasteiger partial charge in [-0.1, -0.05) is 24.3 Å². The molecular formula is C22H20F3N3O3S. The van der Waals surface area contributed by atoms with Crippen LogP contribution in [-0.2, 0) is 21.7 Å². The molecule has 0 unspecified atom stereocenters. The average Bonchev–Trinajstić information content (AvgIpc) is 3.38. The van der Waals surface area contributed by atoms with Gasteiger partial charge in [-0.25, -0.2) is 4.98 Å². The number of amides is 2. The molecular weight excluding hydrogens is 443 g/mol. The second-order valence-electron chi connectivity index (χ2n) is 7.61. The van der Waals surface area contributed by atoms with Crippen LogP contribution in [0, 0.1) is 0 Å². The third-order valence-electron chi connectivity index (χ3n) is 5.34. The van der Waals surface area contributed by atoms with Crippen molar-refractivity contribution in [3.8, 4) is 0 Å². The number of anilines is 1. The van der Waals surface area contributed by atoms with Crippen molar-refractivity contribution in [1.82, 2.24) is 10.3 Å². The van der Waals surface area contributed by atoms with Gasteiger partial charge in [0.25, 0.3) is 0 Å². The van der Waals surface area contributed by atoms with Gasteiger partial charge in [-0.3, -0.25) is 9.59 Å². The molecule has 168 valence electrons. The Morgan fingerprint density at radius 3 is 2.50 bits per heavy atom. The Balaban J connectivity index is 1.44. The standard InChI is InChI=1S/C22H20F3N3O3S/c23-22(24,25)21(31,20-27-16-4-1-2-5-17(16)32-20)12-18(29)26-13-14-7-9-15(10-8-14)28-11-3-6-19(28)30/h1-2,4-5,7-10,31H,3,6,11-13H2,(H,26,29)/t21-/m0/s1. The van der Waals surface area contributed by atoms with E-state index in [9.17, 15) is 27.9 Å². The fourth-order valence-electron chi connectivity index (χ4n) is 3.56. The maximum atomic E-state index is 13.8. The van der Waals surface area contributed by atoms with Crippen molar-refractivity contribution in [3.05, 3.63) is 59.1 Å². The van der Waals surface area contributed by atoms with Gasteiger partial charge < -0.3 is 15.3 Å². The molecule has 2 heterocycles. The van der Waals surface area contributed by atoms with Gasteiger partial charge in [0.2, 0.25) is 17.4 Å². The van der Waals surface area contributed by atoms with Gasteiger partial charge in [0.1, 0.15) is 5.01 Å². The highest BCUT2D eigenvalue weighted by Crippen LogP contribution is 2.44. The lowest BCUT2D eigenvalue weighted by molar-refractivity contribution is -0.267. The lowest BCUT2D eigenvalue weighted by Gasteiger charge is -2.27. The monoisotopic (exact) mass is 463 g/mol. The summed E-state index contributed by atoms with van der Waals surface area (Å²) >= 11 is 0.708. The molecule has 4 rings (SSSR count). The smallest absolute Gasteiger partial charge is 0.374 e. The van der Waals surface area contributed by atoms with E-state index < -0.39 is 29.1 Å². The number of carbonyl (C=O) groups excluding carboxylic acids is 2. The molecule has 0 spiro atoms. The number of rotatable bonds is 6. The van der Waals surface area contributed by atoms with Crippen molar-refractivity contribution in [2.75, 3.05) is 11.4 Å². The molecule has 1 saturated heterocycles. The van der Waals surface area contributed by atoms with Crippen LogP contribution >= 0.6 is 11.3 Å². The first kappa shape index (κ1) is 22.2. The zero-order valence-corrected chi connectivity index (χ0v) is 17.7. The molecule has 1 aliphatic rings. The Hall–Kier alpha value is -2.98. The molecule has 2 aromatic carbocycles. The van der Waals surface area contributed by atoms with Crippen LogP contribution in [0.25, 0.3) is 10.2 Å². The van der Waals surface area contributed by atoms with E-state index >= 15 is 0 Å². The van der Waals surface area contributed by atoms with Gasteiger partial charge in [0, 0.05) is 25.2 Å². The number of alkyl halides is 3. The van der Waals surface area contributed by atoms with E-state index in [-0.39, 0.29) is 12.5 Å². The highest BCUT2D eigenvalue weighted by Gasteiger charge is 2.58. The minimum absolute atomic E-state index is 0.0131. The van der Waals surface area contributed by atoms with Crippen LogP contribution in [0.4, 0.5) is 18.9 Å². The van der Waals surface area contributed by atoms with E-state index in [1.165, 1.54) is 0 Å². The summed E-state index contributed by atoms with van der Waals surface area (Å²) in [7, 11) is 0. The molecule has 0 radical (unpaired) electrons. The molecule has 0 aliphatic carbocycles. The van der Waals surface area contributed by atoms with Gasteiger partial charge in [-0.15, -0.1) is 11.3 Å². The van der Waals surface area contributed by atoms with Crippen molar-refractivity contribution in [3.63, 3.8) is 0 Å². The Morgan fingerprint density at radius 1 is 1.16 bits per heavy atom. The lowest BCUT2D eigenvalue weighted by atomic mass is 9.99. The molecule has 1 atom stereocenters. The first-order valence-corrected chi connectivity index (χ1v) is 10.8. The van der Waals surface area contributed by atoms with Crippen molar-refractivity contribution < 1.29 is 27.9 Å². The Bertz CT molecular complexity index is 1110. The molecule has 32 heavy (non-hydrogen) atoms. The average molecular weight is 463 g/mol. The second kappa shape index (κ2) is 8.51. The van der Waals surface area contributed by atoms with Crippen LogP contribution in [0.3, 0.4) is 0 Å². The van der Waals surface area contributed by atoms with Gasteiger partial charge in [-0.05, 0) is 36.2 Å². The summed E-state index contributed by atoms with van der Waals surface area (Å²) < 4.78 is 41.8. The lowest BCUT2D eigenvalue weighted by Crippen LogP contribution is -2.46. The van der Waals surface area contributed by atoms with Crippen LogP contribution in [0.2, 0.25) is 0 Å². The zero-order chi connectivity index (χ0) is 22.9. The van der Waals surface area contributed by atoms with Gasteiger partial charge >= 0.3 is 6.18 Å². The summed E-state index contributed by atoms with van der Waals surface area (Å²) in [6.07, 6.45) is -4.97. The number of benzene rings is 2. The van der Waals surface area contributed by atoms with E-state index in [2.05, 4.69) is 10.3 Å². The summed E-state index contributed by atoms with van der Waals surface area (Å²) in [4.78, 5) is 29.7. The number of aliphatic hydroxyl groups is 1. The molecule has 2 N–H and O–H groups in total. The minimum Gasteiger partial charge on any atom is -0.374 e. The summed E-state index contributed by atoms with van der Waals surface area (Å²) in [6, 6.07) is 13.3. The highest BCUT2D eigenvalue weighted by atomic mass is 32.1. The number of fused-ring (bicyclic) bond motifs is 1. The number of hydrogen-bond donors (Lipinski definition) is 2. The third-order valence-corrected chi connectivity index (χ3v) is 6.53. The van der Waals surface area contributed by atoms with Gasteiger partial charge in [-0.2, -0.15) is 13.2 Å². The molecule has 1 aromatic heterocycles. The fraction of sp³-hybridized carbons (Fsp3) is 0.318. The summed E-state index contributed by atoms with van der Waals surface area (Å²) in [5.74, 6) is -0.907. The number of thiazole rings is 1. The Labute approximate surface area is 185 Å². The van der Waals surface area contributed by atoms with Crippen molar-refractivity contribution in [2.24, 2.45) is 0 Å². The quantitative estimate of drug-likeness (QED) is 0.581. The van der Waals surface area contributed by atoms with Crippen LogP contribution in [0.1, 0.15) is 29.8 Å². The van der Waals surface area contributed by atoms with Crippen molar-refractivity contribution in [1.29, 1.82) is 0 Å². The van der Waals surface area contributed by atoms with E-state index in [0.29, 0.717) is 40.1 Å². The number of nitrogens with zero attached hydrogens (tertiary/aromatic N) is 2. The maximum absolute atomic E-state index is 13.8. The predicted octanol–water partition coefficient (Wildman–Crippen LogP) is 3.88. The van der Waals surface area contributed by atoms with E-state index in [1.807, 2.05) is 0 Å². The van der Waals surface area contributed by atoms with Gasteiger partial charge in [0.15, 0.2) is 0 Å². The molecule has 1 aliphatic heterocycles. The molecule has 6 nitrogen and oxygen atoms in total. The number of nitrogens with one attached hydrogen (secondary N) is 1. The van der Waals surface area contributed by atoms with Crippen LogP contribution in [-0.4, -0.2) is 34.6 Å². The first-order chi connectivity index (χ1) is 15.2. The number of aromatic nitrogens is 1. The zero-order valence-electron chi connectivity index (χ0n) is 16.9. The SMILES string of the molecule is O=C(C[C@](O)(c1nc2ccccc2s1)C(F)(F)F)NCc1ccc(N2CCCC2=O)cc1. The van der Waals surface area contributed by atoms with Crippen LogP contribution in [0.15, 0.2) is 48.5 Å². The van der Waals surface area contributed by atoms with Crippen molar-refractivity contribution in [2.45, 2.75) is 37.6 Å². The normalized spacial score (nSPS) is 16.4. The Morgan fingerprint density at radius 2 is 1.88 bits per heavy atom. The van der Waals surface area contributed by atoms with Crippen LogP contribution < -0.4 is 10.2 Å². The number of hydrogen-bond acceptors (Lipinski definition) is 5.